The van der Waals surface area contributed by atoms with Gasteiger partial charge in [-0.3, -0.25) is 4.79 Å². The van der Waals surface area contributed by atoms with E-state index in [-0.39, 0.29) is 30.7 Å². The van der Waals surface area contributed by atoms with E-state index >= 15 is 0 Å². The van der Waals surface area contributed by atoms with Crippen molar-refractivity contribution in [3.8, 4) is 0 Å². The number of hydrogen-bond donors (Lipinski definition) is 1. The van der Waals surface area contributed by atoms with Crippen LogP contribution in [0.2, 0.25) is 0 Å². The molecule has 2 aliphatic heterocycles. The lowest BCUT2D eigenvalue weighted by Gasteiger charge is -2.22. The minimum Gasteiger partial charge on any atom is -0.339 e. The summed E-state index contributed by atoms with van der Waals surface area (Å²) in [5, 5.41) is 6.70. The van der Waals surface area contributed by atoms with Gasteiger partial charge in [0.25, 0.3) is 5.91 Å². The third-order valence-electron chi connectivity index (χ3n) is 5.47. The molecule has 28 heavy (non-hydrogen) atoms. The summed E-state index contributed by atoms with van der Waals surface area (Å²) in [6, 6.07) is 8.03. The quantitative estimate of drug-likeness (QED) is 0.675. The number of halogens is 2. The fourth-order valence-electron chi connectivity index (χ4n) is 3.99. The van der Waals surface area contributed by atoms with Gasteiger partial charge in [0.1, 0.15) is 0 Å². The lowest BCUT2D eigenvalue weighted by molar-refractivity contribution is 0.0755. The summed E-state index contributed by atoms with van der Waals surface area (Å²) in [5.41, 5.74) is 1.93. The molecule has 1 amide bonds. The molecule has 0 radical (unpaired) electrons. The zero-order valence-corrected chi connectivity index (χ0v) is 19.2. The van der Waals surface area contributed by atoms with E-state index < -0.39 is 0 Å². The molecule has 0 saturated carbocycles. The average Bonchev–Trinajstić information content (AvgIpc) is 3.24. The Balaban J connectivity index is 0.00000140. The highest BCUT2D eigenvalue weighted by Gasteiger charge is 2.32. The smallest absolute Gasteiger partial charge is 0.254 e. The van der Waals surface area contributed by atoms with Crippen molar-refractivity contribution in [3.05, 3.63) is 45.9 Å². The summed E-state index contributed by atoms with van der Waals surface area (Å²) in [4.78, 5) is 20.9. The number of nitrogens with one attached hydrogen (secondary N) is 1. The number of carbonyl (C=O) groups is 1. The van der Waals surface area contributed by atoms with Crippen LogP contribution in [0.1, 0.15) is 33.9 Å². The van der Waals surface area contributed by atoms with Crippen molar-refractivity contribution >= 4 is 53.8 Å². The van der Waals surface area contributed by atoms with Crippen LogP contribution in [-0.4, -0.2) is 42.0 Å². The molecular weight excluding hydrogens is 433 g/mol. The lowest BCUT2D eigenvalue weighted by atomic mass is 9.92. The van der Waals surface area contributed by atoms with Gasteiger partial charge in [-0.15, -0.1) is 47.9 Å². The first-order chi connectivity index (χ1) is 12.7. The highest BCUT2D eigenvalue weighted by atomic mass is 35.5. The topological polar surface area (TPSA) is 45.2 Å². The number of thioether (sulfide) groups is 1. The van der Waals surface area contributed by atoms with Crippen LogP contribution in [0.15, 0.2) is 34.5 Å². The van der Waals surface area contributed by atoms with Crippen molar-refractivity contribution in [1.29, 1.82) is 0 Å². The number of aryl methyl sites for hydroxylation is 1. The van der Waals surface area contributed by atoms with Crippen LogP contribution in [0.3, 0.4) is 0 Å². The fourth-order valence-corrected chi connectivity index (χ4v) is 5.64. The van der Waals surface area contributed by atoms with Gasteiger partial charge in [-0.2, -0.15) is 0 Å². The standard InChI is InChI=1S/C20H25N3OS2.2ClH/c1-14-22-17(12-25-14)13-26-19-5-3-2-4-18(19)20(24)23-8-6-15-10-21-11-16(15)7-9-23;;/h2-5,12,15-16,21H,6-11,13H2,1H3;2*1H/t15-,16+;;. The van der Waals surface area contributed by atoms with Crippen LogP contribution in [0.4, 0.5) is 0 Å². The fraction of sp³-hybridized carbons (Fsp3) is 0.500. The van der Waals surface area contributed by atoms with Crippen molar-refractivity contribution in [2.24, 2.45) is 11.8 Å². The van der Waals surface area contributed by atoms with E-state index in [2.05, 4.69) is 26.6 Å². The zero-order valence-electron chi connectivity index (χ0n) is 15.9. The Morgan fingerprint density at radius 3 is 2.54 bits per heavy atom. The van der Waals surface area contributed by atoms with Gasteiger partial charge in [0.15, 0.2) is 0 Å². The van der Waals surface area contributed by atoms with Crippen molar-refractivity contribution < 1.29 is 4.79 Å². The van der Waals surface area contributed by atoms with Crippen LogP contribution in [-0.2, 0) is 5.75 Å². The van der Waals surface area contributed by atoms with Crippen molar-refractivity contribution in [1.82, 2.24) is 15.2 Å². The average molecular weight is 460 g/mol. The van der Waals surface area contributed by atoms with Crippen LogP contribution < -0.4 is 5.32 Å². The summed E-state index contributed by atoms with van der Waals surface area (Å²) < 4.78 is 0. The Bertz CT molecular complexity index is 772. The Hall–Kier alpha value is -0.790. The first kappa shape index (κ1) is 23.5. The lowest BCUT2D eigenvalue weighted by Crippen LogP contribution is -2.33. The third kappa shape index (κ3) is 5.42. The van der Waals surface area contributed by atoms with Gasteiger partial charge in [0.05, 0.1) is 16.3 Å². The number of thiazole rings is 1. The van der Waals surface area contributed by atoms with Gasteiger partial charge in [-0.1, -0.05) is 12.1 Å². The number of amides is 1. The molecule has 1 N–H and O–H groups in total. The summed E-state index contributed by atoms with van der Waals surface area (Å²) in [5.74, 6) is 2.48. The molecule has 0 aliphatic carbocycles. The maximum Gasteiger partial charge on any atom is 0.254 e. The molecule has 2 fully saturated rings. The van der Waals surface area contributed by atoms with Crippen LogP contribution >= 0.6 is 47.9 Å². The Morgan fingerprint density at radius 1 is 1.21 bits per heavy atom. The molecule has 1 aromatic heterocycles. The van der Waals surface area contributed by atoms with E-state index in [1.165, 1.54) is 0 Å². The maximum absolute atomic E-state index is 13.2. The Kier molecular flexibility index (Phi) is 9.09. The molecule has 154 valence electrons. The van der Waals surface area contributed by atoms with E-state index in [1.807, 2.05) is 25.1 Å². The number of nitrogens with zero attached hydrogens (tertiary/aromatic N) is 2. The molecule has 2 atom stereocenters. The van der Waals surface area contributed by atoms with Crippen LogP contribution in [0, 0.1) is 18.8 Å². The molecular formula is C20H27Cl2N3OS2. The highest BCUT2D eigenvalue weighted by Crippen LogP contribution is 2.30. The predicted molar refractivity (Wildman–Crippen MR) is 122 cm³/mol. The van der Waals surface area contributed by atoms with Crippen molar-refractivity contribution in [2.75, 3.05) is 26.2 Å². The van der Waals surface area contributed by atoms with Gasteiger partial charge in [0.2, 0.25) is 0 Å². The van der Waals surface area contributed by atoms with Gasteiger partial charge < -0.3 is 10.2 Å². The molecule has 8 heteroatoms. The molecule has 2 aromatic rings. The molecule has 0 spiro atoms. The minimum atomic E-state index is 0. The second kappa shape index (κ2) is 10.8. The Labute approximate surface area is 187 Å². The number of likely N-dealkylation sites (tertiary alicyclic amines) is 1. The number of carbonyl (C=O) groups excluding carboxylic acids is 1. The van der Waals surface area contributed by atoms with Crippen LogP contribution in [0.5, 0.6) is 0 Å². The van der Waals surface area contributed by atoms with E-state index in [0.717, 1.165) is 77.8 Å². The minimum absolute atomic E-state index is 0. The second-order valence-corrected chi connectivity index (χ2v) is 9.27. The molecule has 2 aliphatic rings. The summed E-state index contributed by atoms with van der Waals surface area (Å²) in [6.45, 7) is 6.02. The maximum atomic E-state index is 13.2. The molecule has 0 unspecified atom stereocenters. The summed E-state index contributed by atoms with van der Waals surface area (Å²) in [7, 11) is 0. The number of benzene rings is 1. The molecule has 1 aromatic carbocycles. The first-order valence-electron chi connectivity index (χ1n) is 9.33. The number of fused-ring (bicyclic) bond motifs is 1. The number of hydrogen-bond acceptors (Lipinski definition) is 5. The largest absolute Gasteiger partial charge is 0.339 e. The van der Waals surface area contributed by atoms with Crippen LogP contribution in [0.25, 0.3) is 0 Å². The van der Waals surface area contributed by atoms with Gasteiger partial charge in [-0.05, 0) is 56.8 Å². The first-order valence-corrected chi connectivity index (χ1v) is 11.2. The normalized spacial score (nSPS) is 21.2. The van der Waals surface area contributed by atoms with E-state index in [0.29, 0.717) is 0 Å². The zero-order chi connectivity index (χ0) is 17.9. The number of aromatic nitrogens is 1. The molecule has 3 heterocycles. The Morgan fingerprint density at radius 2 is 1.89 bits per heavy atom. The van der Waals surface area contributed by atoms with E-state index in [4.69, 9.17) is 0 Å². The second-order valence-electron chi connectivity index (χ2n) is 7.19. The van der Waals surface area contributed by atoms with Crippen molar-refractivity contribution in [2.45, 2.75) is 30.4 Å². The van der Waals surface area contributed by atoms with Gasteiger partial charge in [-0.25, -0.2) is 4.98 Å². The predicted octanol–water partition coefficient (Wildman–Crippen LogP) is 4.66. The van der Waals surface area contributed by atoms with E-state index in [9.17, 15) is 4.79 Å². The highest BCUT2D eigenvalue weighted by molar-refractivity contribution is 7.98. The monoisotopic (exact) mass is 459 g/mol. The van der Waals surface area contributed by atoms with Crippen molar-refractivity contribution in [3.63, 3.8) is 0 Å². The molecule has 0 bridgehead atoms. The van der Waals surface area contributed by atoms with Gasteiger partial charge >= 0.3 is 0 Å². The third-order valence-corrected chi connectivity index (χ3v) is 7.40. The SMILES string of the molecule is Cc1nc(CSc2ccccc2C(=O)N2CC[C@@H]3CNC[C@@H]3CC2)cs1.Cl.Cl. The molecule has 2 saturated heterocycles. The molecule has 4 nitrogen and oxygen atoms in total. The summed E-state index contributed by atoms with van der Waals surface area (Å²) in [6.07, 6.45) is 2.24. The summed E-state index contributed by atoms with van der Waals surface area (Å²) >= 11 is 3.39. The number of rotatable bonds is 4. The molecule has 4 rings (SSSR count). The van der Waals surface area contributed by atoms with E-state index in [1.54, 1.807) is 23.1 Å². The van der Waals surface area contributed by atoms with Gasteiger partial charge in [0, 0.05) is 29.1 Å².